The SMILES string of the molecule is CCCCC(=CN(C)C)CC. The zero-order valence-corrected chi connectivity index (χ0v) is 8.35. The van der Waals surface area contributed by atoms with Crippen LogP contribution in [0.25, 0.3) is 0 Å². The largest absolute Gasteiger partial charge is 0.384 e. The molecule has 0 atom stereocenters. The Morgan fingerprint density at radius 3 is 2.27 bits per heavy atom. The minimum Gasteiger partial charge on any atom is -0.384 e. The van der Waals surface area contributed by atoms with Gasteiger partial charge >= 0.3 is 0 Å². The number of nitrogens with zero attached hydrogens (tertiary/aromatic N) is 1. The number of allylic oxidation sites excluding steroid dienone is 1. The van der Waals surface area contributed by atoms with Crippen molar-refractivity contribution in [1.82, 2.24) is 4.90 Å². The molecule has 0 bridgehead atoms. The van der Waals surface area contributed by atoms with E-state index in [-0.39, 0.29) is 0 Å². The molecule has 0 amide bonds. The highest BCUT2D eigenvalue weighted by Gasteiger charge is 1.93. The van der Waals surface area contributed by atoms with Crippen molar-refractivity contribution in [3.8, 4) is 0 Å². The molecular formula is C10H21N. The average Bonchev–Trinajstić information content (AvgIpc) is 1.97. The molecule has 0 radical (unpaired) electrons. The second-order valence-electron chi connectivity index (χ2n) is 3.21. The molecule has 0 unspecified atom stereocenters. The van der Waals surface area contributed by atoms with Crippen LogP contribution in [0.15, 0.2) is 11.8 Å². The van der Waals surface area contributed by atoms with E-state index in [2.05, 4.69) is 39.0 Å². The molecule has 0 aliphatic carbocycles. The van der Waals surface area contributed by atoms with Gasteiger partial charge in [0.25, 0.3) is 0 Å². The first-order chi connectivity index (χ1) is 5.20. The van der Waals surface area contributed by atoms with Gasteiger partial charge in [0.2, 0.25) is 0 Å². The highest BCUT2D eigenvalue weighted by atomic mass is 15.0. The van der Waals surface area contributed by atoms with Crippen molar-refractivity contribution in [2.45, 2.75) is 39.5 Å². The lowest BCUT2D eigenvalue weighted by Gasteiger charge is -2.09. The smallest absolute Gasteiger partial charge is 0.00556 e. The summed E-state index contributed by atoms with van der Waals surface area (Å²) in [5, 5.41) is 0. The van der Waals surface area contributed by atoms with E-state index in [0.717, 1.165) is 0 Å². The fourth-order valence-electron chi connectivity index (χ4n) is 1.10. The Hall–Kier alpha value is -0.460. The molecule has 0 aromatic heterocycles. The van der Waals surface area contributed by atoms with Gasteiger partial charge in [-0.15, -0.1) is 0 Å². The molecule has 0 saturated carbocycles. The number of hydrogen-bond donors (Lipinski definition) is 0. The van der Waals surface area contributed by atoms with Gasteiger partial charge in [0.05, 0.1) is 0 Å². The summed E-state index contributed by atoms with van der Waals surface area (Å²) in [5.41, 5.74) is 1.57. The second kappa shape index (κ2) is 6.26. The molecule has 0 N–H and O–H groups in total. The summed E-state index contributed by atoms with van der Waals surface area (Å²) in [4.78, 5) is 2.13. The molecule has 11 heavy (non-hydrogen) atoms. The second-order valence-corrected chi connectivity index (χ2v) is 3.21. The lowest BCUT2D eigenvalue weighted by Crippen LogP contribution is -2.02. The van der Waals surface area contributed by atoms with E-state index < -0.39 is 0 Å². The minimum absolute atomic E-state index is 1.19. The van der Waals surface area contributed by atoms with Crippen LogP contribution >= 0.6 is 0 Å². The van der Waals surface area contributed by atoms with Crippen molar-refractivity contribution in [2.75, 3.05) is 14.1 Å². The van der Waals surface area contributed by atoms with Gasteiger partial charge in [-0.1, -0.05) is 25.8 Å². The molecular weight excluding hydrogens is 134 g/mol. The summed E-state index contributed by atoms with van der Waals surface area (Å²) in [7, 11) is 4.17. The van der Waals surface area contributed by atoms with Crippen LogP contribution in [0.5, 0.6) is 0 Å². The summed E-state index contributed by atoms with van der Waals surface area (Å²) >= 11 is 0. The minimum atomic E-state index is 1.19. The highest BCUT2D eigenvalue weighted by molar-refractivity contribution is 4.99. The van der Waals surface area contributed by atoms with E-state index in [1.807, 2.05) is 0 Å². The molecule has 0 aliphatic rings. The van der Waals surface area contributed by atoms with Gasteiger partial charge in [0.15, 0.2) is 0 Å². The first-order valence-electron chi connectivity index (χ1n) is 4.56. The Morgan fingerprint density at radius 1 is 1.27 bits per heavy atom. The quantitative estimate of drug-likeness (QED) is 0.590. The van der Waals surface area contributed by atoms with Crippen molar-refractivity contribution in [2.24, 2.45) is 0 Å². The Labute approximate surface area is 71.1 Å². The molecule has 1 heteroatoms. The molecule has 0 spiro atoms. The van der Waals surface area contributed by atoms with Crippen molar-refractivity contribution in [1.29, 1.82) is 0 Å². The third-order valence-electron chi connectivity index (χ3n) is 1.75. The summed E-state index contributed by atoms with van der Waals surface area (Å²) in [5.74, 6) is 0. The fourth-order valence-corrected chi connectivity index (χ4v) is 1.10. The van der Waals surface area contributed by atoms with Gasteiger partial charge in [0, 0.05) is 14.1 Å². The summed E-state index contributed by atoms with van der Waals surface area (Å²) in [6, 6.07) is 0. The van der Waals surface area contributed by atoms with Crippen LogP contribution < -0.4 is 0 Å². The third-order valence-corrected chi connectivity index (χ3v) is 1.75. The van der Waals surface area contributed by atoms with Gasteiger partial charge in [-0.2, -0.15) is 0 Å². The van der Waals surface area contributed by atoms with Gasteiger partial charge in [0.1, 0.15) is 0 Å². The molecule has 0 aromatic carbocycles. The van der Waals surface area contributed by atoms with Crippen LogP contribution in [-0.4, -0.2) is 19.0 Å². The van der Waals surface area contributed by atoms with Gasteiger partial charge in [-0.05, 0) is 25.5 Å². The fraction of sp³-hybridized carbons (Fsp3) is 0.800. The van der Waals surface area contributed by atoms with Gasteiger partial charge < -0.3 is 4.90 Å². The predicted octanol–water partition coefficient (Wildman–Crippen LogP) is 3.03. The number of rotatable bonds is 5. The maximum Gasteiger partial charge on any atom is 0.00556 e. The van der Waals surface area contributed by atoms with E-state index in [4.69, 9.17) is 0 Å². The van der Waals surface area contributed by atoms with E-state index >= 15 is 0 Å². The molecule has 0 saturated heterocycles. The Bertz CT molecular complexity index is 114. The molecule has 66 valence electrons. The maximum atomic E-state index is 2.25. The maximum absolute atomic E-state index is 2.25. The third kappa shape index (κ3) is 5.96. The average molecular weight is 155 g/mol. The molecule has 0 fully saturated rings. The zero-order chi connectivity index (χ0) is 8.69. The first-order valence-corrected chi connectivity index (χ1v) is 4.56. The van der Waals surface area contributed by atoms with Crippen LogP contribution in [-0.2, 0) is 0 Å². The topological polar surface area (TPSA) is 3.24 Å². The first kappa shape index (κ1) is 10.5. The summed E-state index contributed by atoms with van der Waals surface area (Å²) in [6.45, 7) is 4.47. The number of unbranched alkanes of at least 4 members (excludes halogenated alkanes) is 1. The van der Waals surface area contributed by atoms with Crippen LogP contribution in [0.3, 0.4) is 0 Å². The summed E-state index contributed by atoms with van der Waals surface area (Å²) < 4.78 is 0. The van der Waals surface area contributed by atoms with Crippen molar-refractivity contribution >= 4 is 0 Å². The Kier molecular flexibility index (Phi) is 6.00. The normalized spacial score (nSPS) is 11.8. The monoisotopic (exact) mass is 155 g/mol. The lowest BCUT2D eigenvalue weighted by molar-refractivity contribution is 0.549. The van der Waals surface area contributed by atoms with Crippen LogP contribution in [0, 0.1) is 0 Å². The zero-order valence-electron chi connectivity index (χ0n) is 8.35. The summed E-state index contributed by atoms with van der Waals surface area (Å²) in [6.07, 6.45) is 7.33. The molecule has 0 aliphatic heterocycles. The molecule has 0 rings (SSSR count). The van der Waals surface area contributed by atoms with E-state index in [1.165, 1.54) is 25.7 Å². The standard InChI is InChI=1S/C10H21N/c1-5-7-8-10(6-2)9-11(3)4/h9H,5-8H2,1-4H3. The van der Waals surface area contributed by atoms with Crippen LogP contribution in [0.1, 0.15) is 39.5 Å². The van der Waals surface area contributed by atoms with Crippen LogP contribution in [0.2, 0.25) is 0 Å². The van der Waals surface area contributed by atoms with Gasteiger partial charge in [-0.25, -0.2) is 0 Å². The van der Waals surface area contributed by atoms with Crippen molar-refractivity contribution in [3.63, 3.8) is 0 Å². The number of hydrogen-bond acceptors (Lipinski definition) is 1. The molecule has 1 nitrogen and oxygen atoms in total. The molecule has 0 heterocycles. The van der Waals surface area contributed by atoms with Crippen molar-refractivity contribution in [3.05, 3.63) is 11.8 Å². The molecule has 0 aromatic rings. The van der Waals surface area contributed by atoms with Crippen LogP contribution in [0.4, 0.5) is 0 Å². The lowest BCUT2D eigenvalue weighted by atomic mass is 10.1. The predicted molar refractivity (Wildman–Crippen MR) is 51.6 cm³/mol. The van der Waals surface area contributed by atoms with E-state index in [9.17, 15) is 0 Å². The van der Waals surface area contributed by atoms with Crippen molar-refractivity contribution < 1.29 is 0 Å². The Balaban J connectivity index is 3.74. The van der Waals surface area contributed by atoms with E-state index in [0.29, 0.717) is 0 Å². The van der Waals surface area contributed by atoms with Gasteiger partial charge in [-0.3, -0.25) is 0 Å². The highest BCUT2D eigenvalue weighted by Crippen LogP contribution is 2.10. The Morgan fingerprint density at radius 2 is 1.91 bits per heavy atom. The van der Waals surface area contributed by atoms with E-state index in [1.54, 1.807) is 5.57 Å².